The molecule has 0 fully saturated rings. The number of hydrogen-bond donors (Lipinski definition) is 0. The number of nitrogens with zero attached hydrogens (tertiary/aromatic N) is 1. The molecule has 2 aromatic carbocycles. The minimum absolute atomic E-state index is 0.0645. The van der Waals surface area contributed by atoms with Crippen molar-refractivity contribution in [3.63, 3.8) is 0 Å². The van der Waals surface area contributed by atoms with Gasteiger partial charge >= 0.3 is 0 Å². The van der Waals surface area contributed by atoms with Crippen molar-refractivity contribution in [3.05, 3.63) is 70.3 Å². The summed E-state index contributed by atoms with van der Waals surface area (Å²) in [5, 5.41) is 0. The van der Waals surface area contributed by atoms with Gasteiger partial charge in [-0.2, -0.15) is 0 Å². The van der Waals surface area contributed by atoms with Gasteiger partial charge in [0.25, 0.3) is 0 Å². The maximum atomic E-state index is 14.1. The Morgan fingerprint density at radius 2 is 1.23 bits per heavy atom. The van der Waals surface area contributed by atoms with Gasteiger partial charge in [0, 0.05) is 31.8 Å². The van der Waals surface area contributed by atoms with E-state index in [0.717, 1.165) is 19.6 Å². The van der Waals surface area contributed by atoms with Gasteiger partial charge in [-0.25, -0.2) is 8.78 Å². The van der Waals surface area contributed by atoms with Gasteiger partial charge in [-0.15, -0.1) is 0 Å². The van der Waals surface area contributed by atoms with Crippen LogP contribution >= 0.6 is 0 Å². The van der Waals surface area contributed by atoms with Crippen molar-refractivity contribution < 1.29 is 13.5 Å². The molecule has 0 aromatic heterocycles. The van der Waals surface area contributed by atoms with Crippen LogP contribution in [0.5, 0.6) is 0 Å². The van der Waals surface area contributed by atoms with E-state index < -0.39 is 11.6 Å². The molecule has 35 heavy (non-hydrogen) atoms. The number of halogens is 2. The fourth-order valence-corrected chi connectivity index (χ4v) is 5.09. The summed E-state index contributed by atoms with van der Waals surface area (Å²) < 4.78 is 34.7. The lowest BCUT2D eigenvalue weighted by molar-refractivity contribution is 0.0149. The summed E-state index contributed by atoms with van der Waals surface area (Å²) in [4.78, 5) is 2.61. The van der Waals surface area contributed by atoms with E-state index in [4.69, 9.17) is 4.74 Å². The molecule has 0 radical (unpaired) electrons. The summed E-state index contributed by atoms with van der Waals surface area (Å²) in [6, 6.07) is 10.5. The second-order valence-corrected chi connectivity index (χ2v) is 10.1. The highest BCUT2D eigenvalue weighted by molar-refractivity contribution is 5.35. The Hall–Kier alpha value is -1.78. The highest BCUT2D eigenvalue weighted by Crippen LogP contribution is 2.28. The number of aryl methyl sites for hydroxylation is 2. The van der Waals surface area contributed by atoms with E-state index in [1.807, 2.05) is 0 Å². The van der Waals surface area contributed by atoms with Crippen molar-refractivity contribution in [1.82, 2.24) is 4.90 Å². The van der Waals surface area contributed by atoms with Crippen molar-refractivity contribution in [2.75, 3.05) is 26.2 Å². The summed E-state index contributed by atoms with van der Waals surface area (Å²) in [7, 11) is 0. The van der Waals surface area contributed by atoms with Crippen LogP contribution in [-0.2, 0) is 11.2 Å². The van der Waals surface area contributed by atoms with E-state index in [2.05, 4.69) is 64.6 Å². The van der Waals surface area contributed by atoms with Crippen molar-refractivity contribution in [2.24, 2.45) is 11.8 Å². The topological polar surface area (TPSA) is 12.5 Å². The van der Waals surface area contributed by atoms with Gasteiger partial charge in [-0.05, 0) is 67.3 Å². The second-order valence-electron chi connectivity index (χ2n) is 10.1. The molecular formula is C31H47F2NO. The molecular weight excluding hydrogens is 440 g/mol. The van der Waals surface area contributed by atoms with E-state index >= 15 is 0 Å². The van der Waals surface area contributed by atoms with E-state index in [9.17, 15) is 8.78 Å². The predicted molar refractivity (Wildman–Crippen MR) is 144 cm³/mol. The van der Waals surface area contributed by atoms with Crippen LogP contribution in [-0.4, -0.2) is 31.1 Å². The lowest BCUT2D eigenvalue weighted by atomic mass is 9.95. The molecule has 0 amide bonds. The summed E-state index contributed by atoms with van der Waals surface area (Å²) in [6.45, 7) is 16.9. The zero-order valence-corrected chi connectivity index (χ0v) is 22.9. The second kappa shape index (κ2) is 15.4. The van der Waals surface area contributed by atoms with Crippen LogP contribution in [0, 0.1) is 37.3 Å². The standard InChI is InChI=1S/C31H47F2NO/c1-7-25(8-2)20-34(21-26(9-3)10-4)22-30(31-23(5)14-11-15-24(31)6)35-19-13-16-27-28(32)17-12-18-29(27)33/h11-12,14-15,17-18,25-26,30H,7-10,13,16,19-22H2,1-6H3. The first kappa shape index (κ1) is 29.5. The minimum atomic E-state index is -0.474. The Labute approximate surface area is 213 Å². The first-order valence-corrected chi connectivity index (χ1v) is 13.7. The van der Waals surface area contributed by atoms with Gasteiger partial charge in [-0.3, -0.25) is 4.90 Å². The van der Waals surface area contributed by atoms with Crippen molar-refractivity contribution in [2.45, 2.75) is 86.2 Å². The highest BCUT2D eigenvalue weighted by Gasteiger charge is 2.23. The first-order chi connectivity index (χ1) is 16.8. The van der Waals surface area contributed by atoms with Crippen LogP contribution in [0.2, 0.25) is 0 Å². The molecule has 0 spiro atoms. The average molecular weight is 488 g/mol. The molecule has 2 nitrogen and oxygen atoms in total. The number of hydrogen-bond acceptors (Lipinski definition) is 2. The first-order valence-electron chi connectivity index (χ1n) is 13.7. The quantitative estimate of drug-likeness (QED) is 0.220. The van der Waals surface area contributed by atoms with Crippen LogP contribution in [0.3, 0.4) is 0 Å². The molecule has 0 aliphatic rings. The third kappa shape index (κ3) is 8.99. The van der Waals surface area contributed by atoms with Gasteiger partial charge < -0.3 is 4.74 Å². The smallest absolute Gasteiger partial charge is 0.129 e. The molecule has 0 saturated heterocycles. The summed E-state index contributed by atoms with van der Waals surface area (Å²) >= 11 is 0. The normalized spacial score (nSPS) is 12.8. The van der Waals surface area contributed by atoms with Crippen molar-refractivity contribution in [3.8, 4) is 0 Å². The molecule has 0 bridgehead atoms. The molecule has 196 valence electrons. The van der Waals surface area contributed by atoms with E-state index in [0.29, 0.717) is 31.3 Å². The fourth-order valence-electron chi connectivity index (χ4n) is 5.09. The van der Waals surface area contributed by atoms with Crippen LogP contribution in [0.4, 0.5) is 8.78 Å². The monoisotopic (exact) mass is 487 g/mol. The van der Waals surface area contributed by atoms with E-state index in [1.54, 1.807) is 0 Å². The average Bonchev–Trinajstić information content (AvgIpc) is 2.84. The largest absolute Gasteiger partial charge is 0.372 e. The van der Waals surface area contributed by atoms with Crippen LogP contribution in [0.1, 0.15) is 88.2 Å². The van der Waals surface area contributed by atoms with Crippen LogP contribution < -0.4 is 0 Å². The number of rotatable bonds is 16. The number of benzene rings is 2. The summed E-state index contributed by atoms with van der Waals surface area (Å²) in [5.41, 5.74) is 3.88. The fraction of sp³-hybridized carbons (Fsp3) is 0.613. The lowest BCUT2D eigenvalue weighted by Gasteiger charge is -2.34. The van der Waals surface area contributed by atoms with Gasteiger partial charge in [0.1, 0.15) is 11.6 Å². The maximum Gasteiger partial charge on any atom is 0.129 e. The molecule has 4 heteroatoms. The lowest BCUT2D eigenvalue weighted by Crippen LogP contribution is -2.37. The molecule has 1 atom stereocenters. The van der Waals surface area contributed by atoms with Crippen molar-refractivity contribution in [1.29, 1.82) is 0 Å². The SMILES string of the molecule is CCC(CC)CN(CC(CC)CC)CC(OCCCc1c(F)cccc1F)c1c(C)cccc1C. The van der Waals surface area contributed by atoms with E-state index in [1.165, 1.54) is 60.6 Å². The van der Waals surface area contributed by atoms with Gasteiger partial charge in [0.15, 0.2) is 0 Å². The molecule has 0 aliphatic heterocycles. The third-order valence-corrected chi connectivity index (χ3v) is 7.58. The van der Waals surface area contributed by atoms with Gasteiger partial charge in [-0.1, -0.05) is 77.6 Å². The zero-order valence-electron chi connectivity index (χ0n) is 22.9. The third-order valence-electron chi connectivity index (χ3n) is 7.58. The minimum Gasteiger partial charge on any atom is -0.372 e. The molecule has 2 aromatic rings. The van der Waals surface area contributed by atoms with Gasteiger partial charge in [0.05, 0.1) is 6.10 Å². The maximum absolute atomic E-state index is 14.1. The highest BCUT2D eigenvalue weighted by atomic mass is 19.1. The Balaban J connectivity index is 2.21. The zero-order chi connectivity index (χ0) is 25.8. The molecule has 0 saturated carbocycles. The Morgan fingerprint density at radius 3 is 1.71 bits per heavy atom. The number of ether oxygens (including phenoxy) is 1. The van der Waals surface area contributed by atoms with Crippen molar-refractivity contribution >= 4 is 0 Å². The predicted octanol–water partition coefficient (Wildman–Crippen LogP) is 8.45. The van der Waals surface area contributed by atoms with Crippen LogP contribution in [0.25, 0.3) is 0 Å². The van der Waals surface area contributed by atoms with Crippen LogP contribution in [0.15, 0.2) is 36.4 Å². The summed E-state index contributed by atoms with van der Waals surface area (Å²) in [6.07, 6.45) is 5.57. The molecule has 0 aliphatic carbocycles. The Morgan fingerprint density at radius 1 is 0.743 bits per heavy atom. The molecule has 0 N–H and O–H groups in total. The molecule has 1 unspecified atom stereocenters. The molecule has 0 heterocycles. The summed E-state index contributed by atoms with van der Waals surface area (Å²) in [5.74, 6) is 0.398. The van der Waals surface area contributed by atoms with E-state index in [-0.39, 0.29) is 11.7 Å². The Bertz CT molecular complexity index is 822. The Kier molecular flexibility index (Phi) is 12.9. The van der Waals surface area contributed by atoms with Gasteiger partial charge in [0.2, 0.25) is 0 Å². The molecule has 2 rings (SSSR count).